The predicted molar refractivity (Wildman–Crippen MR) is 90.9 cm³/mol. The summed E-state index contributed by atoms with van der Waals surface area (Å²) in [6, 6.07) is 7.80. The smallest absolute Gasteiger partial charge is 0.302 e. The van der Waals surface area contributed by atoms with Crippen LogP contribution in [0.2, 0.25) is 0 Å². The molecule has 0 spiro atoms. The van der Waals surface area contributed by atoms with Crippen molar-refractivity contribution in [2.75, 3.05) is 11.1 Å². The van der Waals surface area contributed by atoms with Crippen molar-refractivity contribution >= 4 is 45.6 Å². The molecule has 25 heavy (non-hydrogen) atoms. The molecule has 0 unspecified atom stereocenters. The highest BCUT2D eigenvalue weighted by Crippen LogP contribution is 2.23. The maximum atomic E-state index is 12.0. The topological polar surface area (TPSA) is 113 Å². The third kappa shape index (κ3) is 3.15. The highest BCUT2D eigenvalue weighted by atomic mass is 32.2. The van der Waals surface area contributed by atoms with Gasteiger partial charge in [0.25, 0.3) is 6.20 Å². The first-order valence-electron chi connectivity index (χ1n) is 7.63. The van der Waals surface area contributed by atoms with Crippen LogP contribution in [0.3, 0.4) is 0 Å². The molecule has 1 aromatic carbocycles. The summed E-state index contributed by atoms with van der Waals surface area (Å²) in [4.78, 5) is 19.6. The van der Waals surface area contributed by atoms with E-state index < -0.39 is 0 Å². The lowest BCUT2D eigenvalue weighted by molar-refractivity contribution is -0.759. The molecule has 0 aliphatic carbocycles. The molecule has 3 aromatic heterocycles. The molecule has 9 nitrogen and oxygen atoms in total. The Morgan fingerprint density at radius 3 is 3.08 bits per heavy atom. The van der Waals surface area contributed by atoms with Crippen LogP contribution in [-0.2, 0) is 11.3 Å². The molecular formula is C15H14N7O2S+. The molecule has 0 atom stereocenters. The third-order valence-corrected chi connectivity index (χ3v) is 4.37. The number of aryl methyl sites for hydroxylation is 1. The van der Waals surface area contributed by atoms with Crippen molar-refractivity contribution in [1.82, 2.24) is 25.4 Å². The molecule has 0 fully saturated rings. The molecule has 0 saturated heterocycles. The minimum Gasteiger partial charge on any atom is -0.338 e. The number of nitrogens with one attached hydrogen (secondary N) is 2. The van der Waals surface area contributed by atoms with Crippen LogP contribution >= 0.6 is 11.8 Å². The summed E-state index contributed by atoms with van der Waals surface area (Å²) in [6.07, 6.45) is 1.62. The Bertz CT molecular complexity index is 1060. The lowest BCUT2D eigenvalue weighted by atomic mass is 10.2. The van der Waals surface area contributed by atoms with E-state index in [4.69, 9.17) is 4.52 Å². The van der Waals surface area contributed by atoms with E-state index in [9.17, 15) is 4.79 Å². The number of nitrogens with zero attached hydrogens (tertiary/aromatic N) is 5. The van der Waals surface area contributed by atoms with Gasteiger partial charge in [0.1, 0.15) is 5.52 Å². The summed E-state index contributed by atoms with van der Waals surface area (Å²) in [5.74, 6) is 0.211. The number of rotatable bonds is 5. The van der Waals surface area contributed by atoms with E-state index in [2.05, 4.69) is 30.8 Å². The van der Waals surface area contributed by atoms with Crippen LogP contribution in [0, 0.1) is 0 Å². The van der Waals surface area contributed by atoms with Gasteiger partial charge in [-0.05, 0) is 13.0 Å². The van der Waals surface area contributed by atoms with Crippen LogP contribution in [-0.4, -0.2) is 37.1 Å². The number of H-pyrrole nitrogens is 1. The van der Waals surface area contributed by atoms with Gasteiger partial charge in [0, 0.05) is 10.9 Å². The molecule has 0 aliphatic rings. The fourth-order valence-electron chi connectivity index (χ4n) is 2.35. The number of amides is 1. The van der Waals surface area contributed by atoms with Gasteiger partial charge in [0.15, 0.2) is 12.2 Å². The standard InChI is InChI=1S/C15H13N7O2S/c1-2-22-7-12(24-21-22)17-11(23)8-25-15-18-14-13(19-20-15)9-5-3-4-6-10(9)16-14/h3-7H,2,8H2,1H3,(H-,16,17,18,19,20,21,23)/p+1. The summed E-state index contributed by atoms with van der Waals surface area (Å²) in [6.45, 7) is 2.59. The molecule has 0 radical (unpaired) electrons. The van der Waals surface area contributed by atoms with E-state index in [1.807, 2.05) is 31.2 Å². The van der Waals surface area contributed by atoms with E-state index in [-0.39, 0.29) is 11.7 Å². The second-order valence-corrected chi connectivity index (χ2v) is 6.16. The minimum atomic E-state index is -0.232. The van der Waals surface area contributed by atoms with Crippen LogP contribution in [0.4, 0.5) is 5.88 Å². The zero-order valence-corrected chi connectivity index (χ0v) is 14.1. The Balaban J connectivity index is 1.45. The van der Waals surface area contributed by atoms with Crippen molar-refractivity contribution in [3.05, 3.63) is 30.5 Å². The maximum Gasteiger partial charge on any atom is 0.302 e. The number of thioether (sulfide) groups is 1. The number of aromatic amines is 1. The summed E-state index contributed by atoms with van der Waals surface area (Å²) in [5.41, 5.74) is 2.32. The number of para-hydroxylation sites is 1. The first-order chi connectivity index (χ1) is 12.2. The lowest BCUT2D eigenvalue weighted by Crippen LogP contribution is -2.32. The van der Waals surface area contributed by atoms with Gasteiger partial charge < -0.3 is 4.98 Å². The molecule has 1 amide bonds. The summed E-state index contributed by atoms with van der Waals surface area (Å²) < 4.78 is 6.58. The summed E-state index contributed by atoms with van der Waals surface area (Å²) in [5, 5.41) is 16.1. The SMILES string of the molecule is CC[n+]1cc(NC(=O)CSc2nnc3c(n2)[nH]c2ccccc23)on1. The Morgan fingerprint density at radius 2 is 2.24 bits per heavy atom. The second kappa shape index (κ2) is 6.48. The first kappa shape index (κ1) is 15.5. The van der Waals surface area contributed by atoms with Crippen molar-refractivity contribution < 1.29 is 14.0 Å². The van der Waals surface area contributed by atoms with Crippen LogP contribution in [0.1, 0.15) is 6.92 Å². The number of benzene rings is 1. The molecular weight excluding hydrogens is 342 g/mol. The van der Waals surface area contributed by atoms with Crippen molar-refractivity contribution in [2.24, 2.45) is 0 Å². The first-order valence-corrected chi connectivity index (χ1v) is 8.61. The Hall–Kier alpha value is -3.01. The number of fused-ring (bicyclic) bond motifs is 3. The van der Waals surface area contributed by atoms with E-state index >= 15 is 0 Å². The number of aromatic nitrogens is 6. The zero-order chi connectivity index (χ0) is 17.2. The molecule has 0 bridgehead atoms. The number of hydrogen-bond donors (Lipinski definition) is 2. The van der Waals surface area contributed by atoms with Gasteiger partial charge in [0.2, 0.25) is 16.3 Å². The zero-order valence-electron chi connectivity index (χ0n) is 13.3. The van der Waals surface area contributed by atoms with Gasteiger partial charge in [-0.1, -0.05) is 34.6 Å². The average molecular weight is 356 g/mol. The Labute approximate surface area is 145 Å². The van der Waals surface area contributed by atoms with E-state index in [1.165, 1.54) is 11.8 Å². The Kier molecular flexibility index (Phi) is 4.02. The van der Waals surface area contributed by atoms with Gasteiger partial charge in [-0.25, -0.2) is 4.98 Å². The van der Waals surface area contributed by atoms with Crippen LogP contribution < -0.4 is 10.00 Å². The molecule has 126 valence electrons. The average Bonchev–Trinajstić information content (AvgIpc) is 3.23. The molecule has 4 rings (SSSR count). The molecule has 2 N–H and O–H groups in total. The third-order valence-electron chi connectivity index (χ3n) is 3.53. The number of carbonyl (C=O) groups excluding carboxylic acids is 1. The van der Waals surface area contributed by atoms with E-state index in [1.54, 1.807) is 10.9 Å². The molecule has 4 aromatic rings. The highest BCUT2D eigenvalue weighted by Gasteiger charge is 2.14. The van der Waals surface area contributed by atoms with Crippen molar-refractivity contribution in [3.63, 3.8) is 0 Å². The second-order valence-electron chi connectivity index (χ2n) is 5.22. The molecule has 0 saturated carbocycles. The van der Waals surface area contributed by atoms with E-state index in [0.29, 0.717) is 23.2 Å². The lowest BCUT2D eigenvalue weighted by Gasteiger charge is -1.99. The van der Waals surface area contributed by atoms with Crippen LogP contribution in [0.25, 0.3) is 22.1 Å². The number of carbonyl (C=O) groups is 1. The Morgan fingerprint density at radius 1 is 1.36 bits per heavy atom. The van der Waals surface area contributed by atoms with Crippen LogP contribution in [0.15, 0.2) is 40.1 Å². The van der Waals surface area contributed by atoms with Crippen molar-refractivity contribution in [1.29, 1.82) is 0 Å². The van der Waals surface area contributed by atoms with Crippen molar-refractivity contribution in [2.45, 2.75) is 18.6 Å². The summed E-state index contributed by atoms with van der Waals surface area (Å²) in [7, 11) is 0. The number of hydrogen-bond acceptors (Lipinski definition) is 7. The number of anilines is 1. The highest BCUT2D eigenvalue weighted by molar-refractivity contribution is 7.99. The molecule has 10 heteroatoms. The van der Waals surface area contributed by atoms with Gasteiger partial charge in [-0.15, -0.1) is 10.2 Å². The monoisotopic (exact) mass is 356 g/mol. The molecule has 3 heterocycles. The summed E-state index contributed by atoms with van der Waals surface area (Å²) >= 11 is 1.20. The quantitative estimate of drug-likeness (QED) is 0.412. The fourth-order valence-corrected chi connectivity index (χ4v) is 2.94. The van der Waals surface area contributed by atoms with Crippen molar-refractivity contribution in [3.8, 4) is 0 Å². The maximum absolute atomic E-state index is 12.0. The van der Waals surface area contributed by atoms with Gasteiger partial charge in [-0.2, -0.15) is 0 Å². The fraction of sp³-hybridized carbons (Fsp3) is 0.200. The minimum absolute atomic E-state index is 0.139. The largest absolute Gasteiger partial charge is 0.338 e. The van der Waals surface area contributed by atoms with Gasteiger partial charge >= 0.3 is 5.88 Å². The van der Waals surface area contributed by atoms with Gasteiger partial charge in [-0.3, -0.25) is 14.6 Å². The van der Waals surface area contributed by atoms with Crippen LogP contribution in [0.5, 0.6) is 0 Å². The van der Waals surface area contributed by atoms with E-state index in [0.717, 1.165) is 16.4 Å². The molecule has 0 aliphatic heterocycles. The normalized spacial score (nSPS) is 11.2. The van der Waals surface area contributed by atoms with Gasteiger partial charge in [0.05, 0.1) is 5.75 Å². The predicted octanol–water partition coefficient (Wildman–Crippen LogP) is 1.53.